The van der Waals surface area contributed by atoms with Crippen LogP contribution in [-0.2, 0) is 25.7 Å². The van der Waals surface area contributed by atoms with Crippen LogP contribution in [0.25, 0.3) is 78.9 Å². The van der Waals surface area contributed by atoms with Crippen LogP contribution in [0.1, 0.15) is 103 Å². The number of nitro benzene ring substituents is 2. The minimum Gasteiger partial charge on any atom is -0.491 e. The smallest absolute Gasteiger partial charge is 0.489 e. The summed E-state index contributed by atoms with van der Waals surface area (Å²) in [4.78, 5) is 29.8. The zero-order chi connectivity index (χ0) is 89.4. The van der Waals surface area contributed by atoms with E-state index in [2.05, 4.69) is 161 Å². The fourth-order valence-corrected chi connectivity index (χ4v) is 14.0. The summed E-state index contributed by atoms with van der Waals surface area (Å²) in [6, 6.07) is 45.2. The van der Waals surface area contributed by atoms with Crippen molar-refractivity contribution in [1.82, 2.24) is 101 Å². The van der Waals surface area contributed by atoms with Crippen molar-refractivity contribution >= 4 is 114 Å². The highest BCUT2D eigenvalue weighted by molar-refractivity contribution is 9.10. The van der Waals surface area contributed by atoms with Crippen LogP contribution in [0.4, 0.5) is 27.9 Å². The molecule has 648 valence electrons. The van der Waals surface area contributed by atoms with Crippen LogP contribution in [0.5, 0.6) is 23.0 Å². The molecule has 34 nitrogen and oxygen atoms in total. The van der Waals surface area contributed by atoms with E-state index in [9.17, 15) is 20.2 Å². The van der Waals surface area contributed by atoms with Gasteiger partial charge in [-0.2, -0.15) is 39.6 Å². The van der Waals surface area contributed by atoms with E-state index < -0.39 is 17.0 Å². The van der Waals surface area contributed by atoms with Crippen molar-refractivity contribution in [2.75, 3.05) is 37.5 Å². The second kappa shape index (κ2) is 50.6. The number of benzene rings is 8. The van der Waals surface area contributed by atoms with Crippen molar-refractivity contribution in [3.8, 4) is 102 Å². The van der Waals surface area contributed by atoms with Crippen molar-refractivity contribution in [3.05, 3.63) is 256 Å². The SMILES string of the molecule is C/C=C/Cc1cc(-c2ccccc2-c2nn[nH]n2)cc(N)c1OCCC.C/C=C/Cc1cc(-c2ccccc2-c2nn[nH]n2)cc(Nc2nc(Cl)ns2)c1OCCC.C/C=C/Cc1cc(-c2ccccc2-c2nn[nH]n2)cc([N+](=O)[O-])c1OCCC.C/C=C/Cc1cc(Br)cc([N+](=O)[O-])c1OCCC.Clc1nsc(Cl)n1.OB(O)c1ccccc1-c1nn[nH]n1. The van der Waals surface area contributed by atoms with E-state index >= 15 is 0 Å². The van der Waals surface area contributed by atoms with Crippen LogP contribution in [-0.4, -0.2) is 155 Å². The summed E-state index contributed by atoms with van der Waals surface area (Å²) >= 11 is 22.1. The molecular formula is C84H89BBrCl3N24O10S2. The van der Waals surface area contributed by atoms with E-state index in [1.807, 2.05) is 175 Å². The first-order valence-corrected chi connectivity index (χ1v) is 42.7. The van der Waals surface area contributed by atoms with Gasteiger partial charge >= 0.3 is 18.5 Å². The Balaban J connectivity index is 0.000000177. The molecule has 0 unspecified atom stereocenters. The molecule has 8 aromatic carbocycles. The topological polar surface area (TPSA) is 471 Å². The Morgan fingerprint density at radius 1 is 0.464 bits per heavy atom. The van der Waals surface area contributed by atoms with Crippen molar-refractivity contribution in [2.45, 2.75) is 107 Å². The van der Waals surface area contributed by atoms with Crippen LogP contribution >= 0.6 is 73.8 Å². The number of hydrogen-bond donors (Lipinski definition) is 8. The summed E-state index contributed by atoms with van der Waals surface area (Å²) in [5.41, 5.74) is 20.3. The second-order valence-electron chi connectivity index (χ2n) is 26.3. The summed E-state index contributed by atoms with van der Waals surface area (Å²) < 4.78 is 32.1. The Morgan fingerprint density at radius 3 is 1.18 bits per heavy atom. The fraction of sp³-hybridized carbons (Fsp3) is 0.238. The third-order valence-electron chi connectivity index (χ3n) is 17.4. The quantitative estimate of drug-likeness (QED) is 0.00638. The predicted molar refractivity (Wildman–Crippen MR) is 492 cm³/mol. The van der Waals surface area contributed by atoms with Gasteiger partial charge in [-0.1, -0.05) is 189 Å². The number of nitro groups is 2. The van der Waals surface area contributed by atoms with Gasteiger partial charge in [0.15, 0.2) is 0 Å². The number of nitrogen functional groups attached to an aromatic ring is 1. The number of ether oxygens (including phenoxy) is 4. The van der Waals surface area contributed by atoms with Gasteiger partial charge in [0.2, 0.25) is 55.0 Å². The molecular weight excluding hydrogens is 1770 g/mol. The Bertz CT molecular complexity index is 5840. The van der Waals surface area contributed by atoms with Gasteiger partial charge in [0.1, 0.15) is 11.5 Å². The van der Waals surface area contributed by atoms with Gasteiger partial charge in [-0.3, -0.25) is 20.2 Å². The summed E-state index contributed by atoms with van der Waals surface area (Å²) in [5, 5.41) is 102. The number of nitrogens with one attached hydrogen (secondary N) is 5. The number of nitrogens with zero attached hydrogens (tertiary/aromatic N) is 18. The largest absolute Gasteiger partial charge is 0.491 e. The Hall–Kier alpha value is -12.9. The van der Waals surface area contributed by atoms with Gasteiger partial charge in [-0.05, 0) is 221 Å². The maximum absolute atomic E-state index is 11.8. The molecule has 0 radical (unpaired) electrons. The Labute approximate surface area is 751 Å². The van der Waals surface area contributed by atoms with E-state index in [0.717, 1.165) is 134 Å². The van der Waals surface area contributed by atoms with Gasteiger partial charge in [0, 0.05) is 72.6 Å². The van der Waals surface area contributed by atoms with Crippen molar-refractivity contribution < 1.29 is 38.8 Å². The van der Waals surface area contributed by atoms with Gasteiger partial charge < -0.3 is 40.0 Å². The molecule has 0 atom stereocenters. The normalized spacial score (nSPS) is 10.9. The number of rotatable bonds is 32. The minimum atomic E-state index is -1.54. The monoisotopic (exact) mass is 1850 g/mol. The lowest BCUT2D eigenvalue weighted by atomic mass is 9.77. The molecule has 0 saturated heterocycles. The molecule has 0 aliphatic rings. The van der Waals surface area contributed by atoms with Crippen LogP contribution in [0, 0.1) is 20.2 Å². The summed E-state index contributed by atoms with van der Waals surface area (Å²) in [6.45, 7) is 18.1. The van der Waals surface area contributed by atoms with Gasteiger partial charge in [-0.25, -0.2) is 0 Å². The van der Waals surface area contributed by atoms with Crippen molar-refractivity contribution in [1.29, 1.82) is 0 Å². The van der Waals surface area contributed by atoms with E-state index in [0.29, 0.717) is 110 Å². The van der Waals surface area contributed by atoms with E-state index in [1.54, 1.807) is 30.3 Å². The lowest BCUT2D eigenvalue weighted by molar-refractivity contribution is -0.386. The molecule has 14 aromatic rings. The number of halogens is 4. The van der Waals surface area contributed by atoms with Crippen LogP contribution in [0.3, 0.4) is 0 Å². The molecule has 0 fully saturated rings. The van der Waals surface area contributed by atoms with Crippen LogP contribution < -0.4 is 35.5 Å². The molecule has 0 bridgehead atoms. The minimum absolute atomic E-state index is 0.0114. The molecule has 0 saturated carbocycles. The standard InChI is InChI=1S/C22H22ClN7OS.C20H21N5O3.C20H23N5O.C13H16BrNO3.C7H7BN4O2.C2Cl2N2S/c1-3-5-8-14-12-15(16-9-6-7-10-17(16)20-26-29-30-27-20)13-18(19(14)31-11-4-2)24-22-25-21(23)28-32-22;1-3-5-8-14-12-15(13-18(25(26)27)19(14)28-11-4-2)16-9-6-7-10-17(16)20-21-23-24-22-20;1-3-5-8-14-12-15(13-18(21)19(14)26-11-4-2)16-9-6-7-10-17(16)20-22-24-25-23-20;1-3-5-6-10-8-11(14)9-12(15(16)17)13(10)18-7-4-2;13-8(14)6-4-2-1-3-5(6)7-9-11-12-10-7;3-1-5-2(4)7-6-1/h3,5-7,9-10,12-13H,4,8,11H2,1-2H3,(H,24,25,28)(H,26,27,29,30);3,5-7,9-10,12-13H,4,8,11H2,1-2H3,(H,21,22,23,24);3,5-7,9-10,12-13H,4,8,11,21H2,1-2H3,(H,22,23,24,25);3,5,8-9H,4,6-7H2,1-2H3;1-4,13-14H,(H,9,10,11,12);/b4*5-3+;;. The maximum atomic E-state index is 11.8. The molecule has 14 rings (SSSR count). The number of H-pyrrole nitrogens is 4. The number of nitrogens with two attached hydrogens (primary N) is 1. The lowest BCUT2D eigenvalue weighted by Gasteiger charge is -2.18. The molecule has 6 aromatic heterocycles. The number of aromatic amines is 4. The van der Waals surface area contributed by atoms with Gasteiger partial charge in [0.05, 0.1) is 47.6 Å². The molecule has 0 spiro atoms. The predicted octanol–water partition coefficient (Wildman–Crippen LogP) is 18.7. The Kier molecular flexibility index (Phi) is 38.8. The summed E-state index contributed by atoms with van der Waals surface area (Å²) in [7, 11) is -1.54. The van der Waals surface area contributed by atoms with E-state index in [1.165, 1.54) is 17.6 Å². The summed E-state index contributed by atoms with van der Waals surface area (Å²) in [5.74, 6) is 4.12. The third kappa shape index (κ3) is 28.0. The Morgan fingerprint density at radius 2 is 0.816 bits per heavy atom. The highest BCUT2D eigenvalue weighted by Crippen LogP contribution is 2.44. The highest BCUT2D eigenvalue weighted by atomic mass is 79.9. The van der Waals surface area contributed by atoms with E-state index in [4.69, 9.17) is 69.5 Å². The zero-order valence-electron chi connectivity index (χ0n) is 69.2. The number of allylic oxidation sites excluding steroid dienone is 8. The molecule has 41 heteroatoms. The first-order chi connectivity index (χ1) is 60.8. The molecule has 6 heterocycles. The average molecular weight is 1860 g/mol. The molecule has 9 N–H and O–H groups in total. The fourth-order valence-electron chi connectivity index (χ4n) is 12.0. The second-order valence-corrected chi connectivity index (χ2v) is 30.0. The van der Waals surface area contributed by atoms with Crippen LogP contribution in [0.15, 0.2) is 199 Å². The average Bonchev–Trinajstić information content (AvgIpc) is 1.68. The molecule has 0 amide bonds. The highest BCUT2D eigenvalue weighted by Gasteiger charge is 2.26. The number of anilines is 3. The molecule has 125 heavy (non-hydrogen) atoms. The molecule has 0 aliphatic heterocycles. The summed E-state index contributed by atoms with van der Waals surface area (Å²) in [6.07, 6.45) is 22.0. The lowest BCUT2D eigenvalue weighted by Crippen LogP contribution is -2.31. The first-order valence-electron chi connectivity index (χ1n) is 39.2. The maximum Gasteiger partial charge on any atom is 0.489 e. The van der Waals surface area contributed by atoms with E-state index in [-0.39, 0.29) is 21.9 Å². The van der Waals surface area contributed by atoms with Gasteiger partial charge in [-0.15, -0.1) is 40.8 Å². The zero-order valence-corrected chi connectivity index (χ0v) is 74.6. The molecule has 0 aliphatic carbocycles. The van der Waals surface area contributed by atoms with Crippen molar-refractivity contribution in [3.63, 3.8) is 0 Å². The van der Waals surface area contributed by atoms with Crippen molar-refractivity contribution in [2.24, 2.45) is 0 Å². The van der Waals surface area contributed by atoms with Crippen LogP contribution in [0.2, 0.25) is 15.0 Å². The number of tetrazole rings is 4. The van der Waals surface area contributed by atoms with Gasteiger partial charge in [0.25, 0.3) is 0 Å². The first kappa shape index (κ1) is 95.9. The number of aromatic nitrogens is 20. The third-order valence-corrected chi connectivity index (χ3v) is 19.8. The number of hydrogen-bond acceptors (Lipinski definition) is 30.